The van der Waals surface area contributed by atoms with E-state index in [2.05, 4.69) is 4.74 Å². The predicted molar refractivity (Wildman–Crippen MR) is 54.2 cm³/mol. The fourth-order valence-electron chi connectivity index (χ4n) is 1.27. The van der Waals surface area contributed by atoms with Crippen molar-refractivity contribution in [2.24, 2.45) is 0 Å². The highest BCUT2D eigenvalue weighted by molar-refractivity contribution is 5.66. The second-order valence-corrected chi connectivity index (χ2v) is 3.73. The Labute approximate surface area is 108 Å². The second-order valence-electron chi connectivity index (χ2n) is 3.73. The quantitative estimate of drug-likeness (QED) is 0.865. The van der Waals surface area contributed by atoms with Crippen molar-refractivity contribution in [2.45, 2.75) is 18.8 Å². The Morgan fingerprint density at radius 1 is 1.00 bits per heavy atom. The number of carboxylic acid groups (broad SMARTS) is 1. The largest absolute Gasteiger partial charge is 0.493 e. The van der Waals surface area contributed by atoms with Crippen molar-refractivity contribution < 1.29 is 41.0 Å². The monoisotopic (exact) mass is 302 g/mol. The van der Waals surface area contributed by atoms with Crippen molar-refractivity contribution in [3.8, 4) is 5.75 Å². The van der Waals surface area contributed by atoms with Crippen LogP contribution < -0.4 is 4.74 Å². The third-order valence-electron chi connectivity index (χ3n) is 2.15. The molecule has 9 heteroatoms. The topological polar surface area (TPSA) is 46.5 Å². The lowest BCUT2D eigenvalue weighted by molar-refractivity contribution is -0.143. The number of carbonyl (C=O) groups is 1. The summed E-state index contributed by atoms with van der Waals surface area (Å²) in [6.07, 6.45) is -10.5. The third kappa shape index (κ3) is 4.63. The van der Waals surface area contributed by atoms with E-state index < -0.39 is 48.2 Å². The van der Waals surface area contributed by atoms with Gasteiger partial charge in [0.05, 0.1) is 24.2 Å². The first-order chi connectivity index (χ1) is 9.00. The minimum Gasteiger partial charge on any atom is -0.493 e. The first kappa shape index (κ1) is 16.1. The van der Waals surface area contributed by atoms with Crippen LogP contribution in [0.15, 0.2) is 18.2 Å². The zero-order valence-corrected chi connectivity index (χ0v) is 9.68. The van der Waals surface area contributed by atoms with Crippen LogP contribution in [-0.2, 0) is 17.1 Å². The van der Waals surface area contributed by atoms with Gasteiger partial charge in [0.2, 0.25) is 0 Å². The van der Waals surface area contributed by atoms with Crippen molar-refractivity contribution in [2.75, 3.05) is 6.61 Å². The van der Waals surface area contributed by atoms with Crippen LogP contribution in [-0.4, -0.2) is 17.7 Å². The molecule has 0 saturated heterocycles. The summed E-state index contributed by atoms with van der Waals surface area (Å²) in [5.41, 5.74) is -3.03. The fraction of sp³-hybridized carbons (Fsp3) is 0.364. The van der Waals surface area contributed by atoms with Crippen LogP contribution in [0.25, 0.3) is 0 Å². The van der Waals surface area contributed by atoms with Gasteiger partial charge < -0.3 is 9.84 Å². The highest BCUT2D eigenvalue weighted by Gasteiger charge is 2.37. The number of halogens is 6. The molecule has 0 aliphatic carbocycles. The molecular weight excluding hydrogens is 294 g/mol. The smallest absolute Gasteiger partial charge is 0.416 e. The lowest BCUT2D eigenvalue weighted by Crippen LogP contribution is -2.12. The number of aliphatic carboxylic acids is 1. The van der Waals surface area contributed by atoms with Crippen LogP contribution in [0.3, 0.4) is 0 Å². The predicted octanol–water partition coefficient (Wildman–Crippen LogP) is 3.58. The molecule has 0 fully saturated rings. The number of hydrogen-bond donors (Lipinski definition) is 1. The average molecular weight is 302 g/mol. The van der Waals surface area contributed by atoms with Gasteiger partial charge >= 0.3 is 18.3 Å². The molecule has 0 aromatic heterocycles. The lowest BCUT2D eigenvalue weighted by atomic mass is 10.1. The van der Waals surface area contributed by atoms with E-state index >= 15 is 0 Å². The number of ether oxygens (including phenoxy) is 1. The van der Waals surface area contributed by atoms with Gasteiger partial charge in [0.15, 0.2) is 0 Å². The van der Waals surface area contributed by atoms with E-state index in [4.69, 9.17) is 5.11 Å². The molecule has 1 N–H and O–H groups in total. The fourth-order valence-corrected chi connectivity index (χ4v) is 1.27. The summed E-state index contributed by atoms with van der Waals surface area (Å²) in [7, 11) is 0. The van der Waals surface area contributed by atoms with E-state index in [-0.39, 0.29) is 6.07 Å². The molecule has 0 aliphatic rings. The molecule has 1 aromatic rings. The molecule has 0 radical (unpaired) electrons. The van der Waals surface area contributed by atoms with Crippen molar-refractivity contribution in [1.29, 1.82) is 0 Å². The van der Waals surface area contributed by atoms with Crippen molar-refractivity contribution in [3.05, 3.63) is 29.3 Å². The minimum absolute atomic E-state index is 0.0376. The Morgan fingerprint density at radius 3 is 1.80 bits per heavy atom. The maximum atomic E-state index is 12.5. The number of rotatable bonds is 4. The maximum absolute atomic E-state index is 12.5. The lowest BCUT2D eigenvalue weighted by Gasteiger charge is -2.14. The molecule has 1 aromatic carbocycles. The van der Waals surface area contributed by atoms with Gasteiger partial charge in [-0.05, 0) is 18.2 Å². The Hall–Kier alpha value is -1.93. The molecular formula is C11H8F6O3. The van der Waals surface area contributed by atoms with E-state index in [0.29, 0.717) is 12.1 Å². The molecule has 0 atom stereocenters. The van der Waals surface area contributed by atoms with Crippen LogP contribution in [0.2, 0.25) is 0 Å². The van der Waals surface area contributed by atoms with Crippen LogP contribution in [0.5, 0.6) is 5.75 Å². The number of carboxylic acids is 1. The maximum Gasteiger partial charge on any atom is 0.416 e. The normalized spacial score (nSPS) is 12.3. The minimum atomic E-state index is -4.97. The number of benzene rings is 1. The summed E-state index contributed by atoms with van der Waals surface area (Å²) in [4.78, 5) is 10.2. The molecule has 1 rings (SSSR count). The highest BCUT2D eigenvalue weighted by atomic mass is 19.4. The van der Waals surface area contributed by atoms with Gasteiger partial charge in [-0.3, -0.25) is 4.79 Å². The number of alkyl halides is 6. The molecule has 0 aliphatic heterocycles. The van der Waals surface area contributed by atoms with Gasteiger partial charge in [-0.2, -0.15) is 26.3 Å². The summed E-state index contributed by atoms with van der Waals surface area (Å²) in [6.45, 7) is -0.534. The SMILES string of the molecule is O=C(O)CCOc1cc(C(F)(F)F)cc(C(F)(F)F)c1. The highest BCUT2D eigenvalue weighted by Crippen LogP contribution is 2.38. The van der Waals surface area contributed by atoms with E-state index in [1.165, 1.54) is 0 Å². The zero-order chi connectivity index (χ0) is 15.6. The molecule has 0 saturated carbocycles. The van der Waals surface area contributed by atoms with Crippen molar-refractivity contribution in [3.63, 3.8) is 0 Å². The summed E-state index contributed by atoms with van der Waals surface area (Å²) < 4.78 is 79.4. The molecule has 3 nitrogen and oxygen atoms in total. The van der Waals surface area contributed by atoms with Crippen LogP contribution in [0.4, 0.5) is 26.3 Å². The molecule has 0 heterocycles. The molecule has 0 unspecified atom stereocenters. The van der Waals surface area contributed by atoms with Crippen molar-refractivity contribution >= 4 is 5.97 Å². The van der Waals surface area contributed by atoms with Crippen LogP contribution in [0.1, 0.15) is 17.5 Å². The summed E-state index contributed by atoms with van der Waals surface area (Å²) in [5.74, 6) is -1.97. The Kier molecular flexibility index (Phi) is 4.51. The third-order valence-corrected chi connectivity index (χ3v) is 2.15. The van der Waals surface area contributed by atoms with Crippen LogP contribution in [0, 0.1) is 0 Å². The summed E-state index contributed by atoms with van der Waals surface area (Å²) >= 11 is 0. The molecule has 112 valence electrons. The first-order valence-corrected chi connectivity index (χ1v) is 5.14. The number of hydrogen-bond acceptors (Lipinski definition) is 2. The van der Waals surface area contributed by atoms with Gasteiger partial charge in [-0.15, -0.1) is 0 Å². The van der Waals surface area contributed by atoms with Gasteiger partial charge in [-0.1, -0.05) is 0 Å². The summed E-state index contributed by atoms with van der Waals surface area (Å²) in [5, 5.41) is 8.32. The van der Waals surface area contributed by atoms with Gasteiger partial charge in [0.25, 0.3) is 0 Å². The summed E-state index contributed by atoms with van der Waals surface area (Å²) in [6, 6.07) is 0.734. The van der Waals surface area contributed by atoms with Crippen LogP contribution >= 0.6 is 0 Å². The first-order valence-electron chi connectivity index (χ1n) is 5.14. The molecule has 20 heavy (non-hydrogen) atoms. The molecule has 0 amide bonds. The Bertz CT molecular complexity index is 460. The molecule has 0 bridgehead atoms. The molecule has 0 spiro atoms. The van der Waals surface area contributed by atoms with E-state index in [9.17, 15) is 31.1 Å². The van der Waals surface area contributed by atoms with Gasteiger partial charge in [0.1, 0.15) is 5.75 Å². The van der Waals surface area contributed by atoms with Gasteiger partial charge in [0, 0.05) is 0 Å². The van der Waals surface area contributed by atoms with E-state index in [1.54, 1.807) is 0 Å². The standard InChI is InChI=1S/C11H8F6O3/c12-10(13,14)6-3-7(11(15,16)17)5-8(4-6)20-2-1-9(18)19/h3-5H,1-2H2,(H,18,19). The van der Waals surface area contributed by atoms with E-state index in [0.717, 1.165) is 0 Å². The Balaban J connectivity index is 3.08. The van der Waals surface area contributed by atoms with E-state index in [1.807, 2.05) is 0 Å². The Morgan fingerprint density at radius 2 is 1.45 bits per heavy atom. The van der Waals surface area contributed by atoms with Gasteiger partial charge in [-0.25, -0.2) is 0 Å². The zero-order valence-electron chi connectivity index (χ0n) is 9.68. The second kappa shape index (κ2) is 5.59. The van der Waals surface area contributed by atoms with Crippen molar-refractivity contribution in [1.82, 2.24) is 0 Å². The average Bonchev–Trinajstić information content (AvgIpc) is 2.25.